The Morgan fingerprint density at radius 2 is 2.11 bits per heavy atom. The Morgan fingerprint density at radius 1 is 1.33 bits per heavy atom. The maximum absolute atomic E-state index is 6.83. The van der Waals surface area contributed by atoms with Gasteiger partial charge in [0.05, 0.1) is 0 Å². The molecule has 1 N–H and O–H groups in total. The minimum absolute atomic E-state index is 0.542. The van der Waals surface area contributed by atoms with Crippen LogP contribution in [0.1, 0.15) is 19.8 Å². The predicted molar refractivity (Wildman–Crippen MR) is 41.2 cm³/mol. The summed E-state index contributed by atoms with van der Waals surface area (Å²) in [6, 6.07) is 0. The van der Waals surface area contributed by atoms with Crippen LogP contribution in [0.4, 0.5) is 0 Å². The highest BCUT2D eigenvalue weighted by Crippen LogP contribution is 1.88. The monoisotopic (exact) mass is 124 g/mol. The van der Waals surface area contributed by atoms with Gasteiger partial charge >= 0.3 is 0 Å². The summed E-state index contributed by atoms with van der Waals surface area (Å²) in [6.07, 6.45) is 10.1. The van der Waals surface area contributed by atoms with Crippen molar-refractivity contribution in [1.29, 1.82) is 0 Å². The molecule has 9 heavy (non-hydrogen) atoms. The molecule has 0 amide bonds. The van der Waals surface area contributed by atoms with Crippen LogP contribution in [-0.4, -0.2) is 6.54 Å². The van der Waals surface area contributed by atoms with Crippen molar-refractivity contribution in [3.8, 4) is 0 Å². The molecule has 0 aliphatic carbocycles. The summed E-state index contributed by atoms with van der Waals surface area (Å²) in [5, 5.41) is 0. The SMILES string of the molecule is CC=CC=CCCC[NH]. The number of nitrogens with one attached hydrogen (secondary N) is 1. The standard InChI is InChI=1S/C8H14N/c1-2-3-4-5-6-7-8-9/h2-5,9H,6-8H2,1H3. The summed E-state index contributed by atoms with van der Waals surface area (Å²) in [4.78, 5) is 0. The molecule has 0 heterocycles. The van der Waals surface area contributed by atoms with E-state index in [0.29, 0.717) is 6.54 Å². The molecule has 0 fully saturated rings. The van der Waals surface area contributed by atoms with E-state index < -0.39 is 0 Å². The lowest BCUT2D eigenvalue weighted by Crippen LogP contribution is -1.80. The Hall–Kier alpha value is -0.560. The normalized spacial score (nSPS) is 11.8. The first-order valence-corrected chi connectivity index (χ1v) is 3.34. The van der Waals surface area contributed by atoms with E-state index in [2.05, 4.69) is 6.08 Å². The van der Waals surface area contributed by atoms with Gasteiger partial charge in [0, 0.05) is 6.54 Å². The van der Waals surface area contributed by atoms with Crippen LogP contribution in [0.2, 0.25) is 0 Å². The third-order valence-corrected chi connectivity index (χ3v) is 0.987. The Balaban J connectivity index is 3.04. The van der Waals surface area contributed by atoms with E-state index in [1.54, 1.807) is 0 Å². The van der Waals surface area contributed by atoms with Crippen molar-refractivity contribution in [2.75, 3.05) is 6.54 Å². The summed E-state index contributed by atoms with van der Waals surface area (Å²) < 4.78 is 0. The number of unbranched alkanes of at least 4 members (excludes halogenated alkanes) is 1. The number of hydrogen-bond donors (Lipinski definition) is 0. The van der Waals surface area contributed by atoms with Crippen molar-refractivity contribution in [3.05, 3.63) is 24.3 Å². The lowest BCUT2D eigenvalue weighted by atomic mass is 10.3. The molecule has 0 aromatic rings. The first-order valence-electron chi connectivity index (χ1n) is 3.34. The van der Waals surface area contributed by atoms with Gasteiger partial charge in [0.1, 0.15) is 0 Å². The molecule has 51 valence electrons. The van der Waals surface area contributed by atoms with Gasteiger partial charge in [-0.3, -0.25) is 5.73 Å². The maximum Gasteiger partial charge on any atom is 0.0103 e. The molecule has 1 radical (unpaired) electrons. The molecule has 1 heteroatoms. The molecule has 0 aliphatic heterocycles. The van der Waals surface area contributed by atoms with Crippen molar-refractivity contribution in [2.45, 2.75) is 19.8 Å². The van der Waals surface area contributed by atoms with Crippen molar-refractivity contribution in [2.24, 2.45) is 0 Å². The fourth-order valence-corrected chi connectivity index (χ4v) is 0.506. The van der Waals surface area contributed by atoms with Crippen LogP contribution in [-0.2, 0) is 0 Å². The lowest BCUT2D eigenvalue weighted by molar-refractivity contribution is 0.837. The van der Waals surface area contributed by atoms with Crippen molar-refractivity contribution in [1.82, 2.24) is 5.73 Å². The molecule has 0 spiro atoms. The predicted octanol–water partition coefficient (Wildman–Crippen LogP) is 2.18. The Morgan fingerprint density at radius 3 is 2.67 bits per heavy atom. The first-order chi connectivity index (χ1) is 4.41. The van der Waals surface area contributed by atoms with E-state index in [1.165, 1.54) is 0 Å². The molecule has 0 saturated heterocycles. The van der Waals surface area contributed by atoms with Gasteiger partial charge in [-0.25, -0.2) is 0 Å². The van der Waals surface area contributed by atoms with Gasteiger partial charge < -0.3 is 0 Å². The number of rotatable bonds is 4. The molecule has 0 unspecified atom stereocenters. The second kappa shape index (κ2) is 7.44. The van der Waals surface area contributed by atoms with E-state index in [1.807, 2.05) is 25.2 Å². The van der Waals surface area contributed by atoms with Gasteiger partial charge in [0.2, 0.25) is 0 Å². The zero-order chi connectivity index (χ0) is 6.95. The topological polar surface area (TPSA) is 23.8 Å². The molecule has 0 atom stereocenters. The zero-order valence-corrected chi connectivity index (χ0v) is 5.93. The zero-order valence-electron chi connectivity index (χ0n) is 5.93. The highest BCUT2D eigenvalue weighted by atomic mass is 14.5. The highest BCUT2D eigenvalue weighted by Gasteiger charge is 1.74. The lowest BCUT2D eigenvalue weighted by Gasteiger charge is -1.84. The van der Waals surface area contributed by atoms with E-state index in [4.69, 9.17) is 5.73 Å². The van der Waals surface area contributed by atoms with Crippen molar-refractivity contribution < 1.29 is 0 Å². The molecular weight excluding hydrogens is 110 g/mol. The Bertz CT molecular complexity index is 92.7. The summed E-state index contributed by atoms with van der Waals surface area (Å²) >= 11 is 0. The van der Waals surface area contributed by atoms with Crippen molar-refractivity contribution >= 4 is 0 Å². The minimum atomic E-state index is 0.542. The Kier molecular flexibility index (Phi) is 6.98. The quantitative estimate of drug-likeness (QED) is 0.405. The molecule has 0 aromatic carbocycles. The molecular formula is C8H14N. The van der Waals surface area contributed by atoms with Crippen LogP contribution in [0.3, 0.4) is 0 Å². The van der Waals surface area contributed by atoms with Gasteiger partial charge in [-0.15, -0.1) is 0 Å². The second-order valence-corrected chi connectivity index (χ2v) is 1.85. The average molecular weight is 124 g/mol. The summed E-state index contributed by atoms with van der Waals surface area (Å²) in [5.41, 5.74) is 6.83. The van der Waals surface area contributed by atoms with Crippen LogP contribution in [0.15, 0.2) is 24.3 Å². The summed E-state index contributed by atoms with van der Waals surface area (Å²) in [7, 11) is 0. The highest BCUT2D eigenvalue weighted by molar-refractivity contribution is 5.00. The second-order valence-electron chi connectivity index (χ2n) is 1.85. The van der Waals surface area contributed by atoms with Gasteiger partial charge in [-0.05, 0) is 19.8 Å². The number of allylic oxidation sites excluding steroid dienone is 4. The van der Waals surface area contributed by atoms with E-state index in [0.717, 1.165) is 12.8 Å². The number of hydrogen-bond acceptors (Lipinski definition) is 0. The summed E-state index contributed by atoms with van der Waals surface area (Å²) in [5.74, 6) is 0. The summed E-state index contributed by atoms with van der Waals surface area (Å²) in [6.45, 7) is 2.54. The van der Waals surface area contributed by atoms with E-state index >= 15 is 0 Å². The smallest absolute Gasteiger partial charge is 0.0103 e. The molecule has 0 saturated carbocycles. The maximum atomic E-state index is 6.83. The largest absolute Gasteiger partial charge is 0.258 e. The van der Waals surface area contributed by atoms with Crippen LogP contribution >= 0.6 is 0 Å². The molecule has 1 nitrogen and oxygen atoms in total. The third kappa shape index (κ3) is 7.44. The van der Waals surface area contributed by atoms with Crippen LogP contribution in [0.25, 0.3) is 0 Å². The van der Waals surface area contributed by atoms with Crippen LogP contribution < -0.4 is 5.73 Å². The Labute approximate surface area is 57.3 Å². The van der Waals surface area contributed by atoms with Gasteiger partial charge in [-0.1, -0.05) is 24.3 Å². The molecule has 0 aliphatic rings. The fourth-order valence-electron chi connectivity index (χ4n) is 0.506. The minimum Gasteiger partial charge on any atom is -0.258 e. The molecule has 0 bridgehead atoms. The van der Waals surface area contributed by atoms with E-state index in [9.17, 15) is 0 Å². The van der Waals surface area contributed by atoms with Crippen LogP contribution in [0.5, 0.6) is 0 Å². The van der Waals surface area contributed by atoms with Gasteiger partial charge in [0.15, 0.2) is 0 Å². The molecule has 0 aromatic heterocycles. The van der Waals surface area contributed by atoms with E-state index in [-0.39, 0.29) is 0 Å². The first kappa shape index (κ1) is 8.44. The van der Waals surface area contributed by atoms with Gasteiger partial charge in [0.25, 0.3) is 0 Å². The average Bonchev–Trinajstić information content (AvgIpc) is 1.89. The fraction of sp³-hybridized carbons (Fsp3) is 0.500. The van der Waals surface area contributed by atoms with Gasteiger partial charge in [-0.2, -0.15) is 0 Å². The van der Waals surface area contributed by atoms with Crippen LogP contribution in [0, 0.1) is 0 Å². The van der Waals surface area contributed by atoms with Crippen molar-refractivity contribution in [3.63, 3.8) is 0 Å². The third-order valence-electron chi connectivity index (χ3n) is 0.987. The molecule has 0 rings (SSSR count).